The number of rotatable bonds is 6. The average molecular weight is 356 g/mol. The third-order valence-corrected chi connectivity index (χ3v) is 4.51. The molecule has 3 aromatic rings. The number of aryl methyl sites for hydroxylation is 1. The van der Waals surface area contributed by atoms with Crippen molar-refractivity contribution in [2.24, 2.45) is 0 Å². The minimum absolute atomic E-state index is 0.238. The van der Waals surface area contributed by atoms with E-state index < -0.39 is 0 Å². The van der Waals surface area contributed by atoms with Crippen molar-refractivity contribution in [2.45, 2.75) is 33.3 Å². The molecular weight excluding hydrogens is 336 g/mol. The van der Waals surface area contributed by atoms with Gasteiger partial charge in [-0.25, -0.2) is 4.98 Å². The normalized spacial score (nSPS) is 10.9. The number of nitrogens with zero attached hydrogens (tertiary/aromatic N) is 1. The van der Waals surface area contributed by atoms with Crippen LogP contribution in [-0.4, -0.2) is 10.9 Å². The minimum atomic E-state index is -0.317. The van der Waals surface area contributed by atoms with E-state index in [2.05, 4.69) is 30.2 Å². The number of hydrogen-bond acceptors (Lipinski definition) is 5. The van der Waals surface area contributed by atoms with E-state index in [9.17, 15) is 4.79 Å². The molecule has 2 heterocycles. The van der Waals surface area contributed by atoms with E-state index in [0.717, 1.165) is 11.4 Å². The second-order valence-corrected chi connectivity index (χ2v) is 6.89. The number of nitrogens with one attached hydrogen (secondary N) is 1. The van der Waals surface area contributed by atoms with Gasteiger partial charge in [-0.3, -0.25) is 10.1 Å². The molecule has 0 atom stereocenters. The Morgan fingerprint density at radius 2 is 2.16 bits per heavy atom. The molecule has 0 spiro atoms. The maximum Gasteiger partial charge on any atom is 0.293 e. The summed E-state index contributed by atoms with van der Waals surface area (Å²) in [6.07, 6.45) is 0. The van der Waals surface area contributed by atoms with Gasteiger partial charge in [0.25, 0.3) is 5.91 Å². The highest BCUT2D eigenvalue weighted by molar-refractivity contribution is 7.13. The summed E-state index contributed by atoms with van der Waals surface area (Å²) in [6.45, 7) is 6.43. The van der Waals surface area contributed by atoms with Crippen molar-refractivity contribution in [1.82, 2.24) is 4.98 Å². The summed E-state index contributed by atoms with van der Waals surface area (Å²) in [5.41, 5.74) is 2.09. The fourth-order valence-electron chi connectivity index (χ4n) is 2.27. The maximum absolute atomic E-state index is 12.2. The van der Waals surface area contributed by atoms with Crippen molar-refractivity contribution in [3.63, 3.8) is 0 Å². The van der Waals surface area contributed by atoms with Crippen molar-refractivity contribution < 1.29 is 13.9 Å². The van der Waals surface area contributed by atoms with Crippen LogP contribution >= 0.6 is 11.3 Å². The van der Waals surface area contributed by atoms with Crippen LogP contribution in [0.25, 0.3) is 0 Å². The van der Waals surface area contributed by atoms with Crippen LogP contribution in [0, 0.1) is 6.92 Å². The number of anilines is 1. The third-order valence-electron chi connectivity index (χ3n) is 3.63. The Balaban J connectivity index is 1.60. The largest absolute Gasteiger partial charge is 0.486 e. The van der Waals surface area contributed by atoms with Gasteiger partial charge in [0.2, 0.25) is 0 Å². The van der Waals surface area contributed by atoms with Crippen LogP contribution in [0.1, 0.15) is 47.3 Å². The minimum Gasteiger partial charge on any atom is -0.486 e. The molecule has 0 unspecified atom stereocenters. The van der Waals surface area contributed by atoms with Gasteiger partial charge in [0, 0.05) is 5.38 Å². The number of ether oxygens (including phenoxy) is 1. The van der Waals surface area contributed by atoms with Gasteiger partial charge in [-0.05, 0) is 42.7 Å². The lowest BCUT2D eigenvalue weighted by Gasteiger charge is -2.09. The van der Waals surface area contributed by atoms with Gasteiger partial charge in [-0.1, -0.05) is 26.0 Å². The molecule has 0 aliphatic heterocycles. The van der Waals surface area contributed by atoms with Gasteiger partial charge in [-0.2, -0.15) is 0 Å². The molecule has 0 bridgehead atoms. The molecular formula is C19H20N2O3S. The molecule has 5 nitrogen and oxygen atoms in total. The standard InChI is InChI=1S/C19H20N2O3S/c1-12(2)14-5-4-6-15(9-14)23-10-16-7-8-17(24-16)18(22)21-19-20-13(3)11-25-19/h4-9,11-12H,10H2,1-3H3,(H,20,21,22). The number of amides is 1. The molecule has 0 radical (unpaired) electrons. The molecule has 1 amide bonds. The van der Waals surface area contributed by atoms with Gasteiger partial charge < -0.3 is 9.15 Å². The van der Waals surface area contributed by atoms with Crippen LogP contribution in [0.2, 0.25) is 0 Å². The Hall–Kier alpha value is -2.60. The SMILES string of the molecule is Cc1csc(NC(=O)c2ccc(COc3cccc(C(C)C)c3)o2)n1. The van der Waals surface area contributed by atoms with Gasteiger partial charge in [0.1, 0.15) is 18.1 Å². The molecule has 3 rings (SSSR count). The molecule has 25 heavy (non-hydrogen) atoms. The Bertz CT molecular complexity index is 867. The molecule has 2 aromatic heterocycles. The smallest absolute Gasteiger partial charge is 0.293 e. The lowest BCUT2D eigenvalue weighted by Crippen LogP contribution is -2.10. The Morgan fingerprint density at radius 3 is 2.88 bits per heavy atom. The van der Waals surface area contributed by atoms with Crippen LogP contribution in [-0.2, 0) is 6.61 Å². The van der Waals surface area contributed by atoms with Crippen LogP contribution in [0.4, 0.5) is 5.13 Å². The first-order valence-corrected chi connectivity index (χ1v) is 8.94. The monoisotopic (exact) mass is 356 g/mol. The van der Waals surface area contributed by atoms with Crippen LogP contribution in [0.15, 0.2) is 46.2 Å². The number of furan rings is 1. The molecule has 0 saturated heterocycles. The van der Waals surface area contributed by atoms with E-state index in [1.165, 1.54) is 16.9 Å². The number of aromatic nitrogens is 1. The van der Waals surface area contributed by atoms with Crippen molar-refractivity contribution in [3.8, 4) is 5.75 Å². The first-order chi connectivity index (χ1) is 12.0. The van der Waals surface area contributed by atoms with E-state index in [1.54, 1.807) is 12.1 Å². The van der Waals surface area contributed by atoms with Crippen molar-refractivity contribution in [1.29, 1.82) is 0 Å². The summed E-state index contributed by atoms with van der Waals surface area (Å²) in [5.74, 6) is 1.74. The highest BCUT2D eigenvalue weighted by Gasteiger charge is 2.13. The summed E-state index contributed by atoms with van der Waals surface area (Å²) in [5, 5.41) is 5.15. The van der Waals surface area contributed by atoms with Crippen molar-refractivity contribution in [3.05, 3.63) is 64.6 Å². The highest BCUT2D eigenvalue weighted by atomic mass is 32.1. The zero-order chi connectivity index (χ0) is 17.8. The third kappa shape index (κ3) is 4.48. The van der Waals surface area contributed by atoms with Crippen molar-refractivity contribution in [2.75, 3.05) is 5.32 Å². The Kier molecular flexibility index (Phi) is 5.19. The number of thiazole rings is 1. The molecule has 6 heteroatoms. The average Bonchev–Trinajstić information content (AvgIpc) is 3.22. The zero-order valence-corrected chi connectivity index (χ0v) is 15.2. The van der Waals surface area contributed by atoms with E-state index in [4.69, 9.17) is 9.15 Å². The first kappa shape index (κ1) is 17.2. The topological polar surface area (TPSA) is 64.4 Å². The summed E-state index contributed by atoms with van der Waals surface area (Å²) < 4.78 is 11.3. The van der Waals surface area contributed by atoms with Gasteiger partial charge in [0.05, 0.1) is 5.69 Å². The van der Waals surface area contributed by atoms with Gasteiger partial charge in [-0.15, -0.1) is 11.3 Å². The fourth-order valence-corrected chi connectivity index (χ4v) is 2.95. The number of benzene rings is 1. The summed E-state index contributed by atoms with van der Waals surface area (Å²) in [4.78, 5) is 16.4. The van der Waals surface area contributed by atoms with Crippen LogP contribution in [0.5, 0.6) is 5.75 Å². The highest BCUT2D eigenvalue weighted by Crippen LogP contribution is 2.22. The summed E-state index contributed by atoms with van der Waals surface area (Å²) >= 11 is 1.38. The molecule has 0 aliphatic carbocycles. The maximum atomic E-state index is 12.2. The van der Waals surface area contributed by atoms with E-state index >= 15 is 0 Å². The van der Waals surface area contributed by atoms with Crippen LogP contribution < -0.4 is 10.1 Å². The second kappa shape index (κ2) is 7.53. The molecule has 1 N–H and O–H groups in total. The van der Waals surface area contributed by atoms with E-state index in [1.807, 2.05) is 30.5 Å². The number of carbonyl (C=O) groups is 1. The predicted octanol–water partition coefficient (Wildman–Crippen LogP) is 5.00. The lowest BCUT2D eigenvalue weighted by atomic mass is 10.0. The quantitative estimate of drug-likeness (QED) is 0.675. The van der Waals surface area contributed by atoms with Crippen LogP contribution in [0.3, 0.4) is 0 Å². The zero-order valence-electron chi connectivity index (χ0n) is 14.4. The predicted molar refractivity (Wildman–Crippen MR) is 98.4 cm³/mol. The Morgan fingerprint density at radius 1 is 1.32 bits per heavy atom. The Labute approximate surface area is 150 Å². The number of carbonyl (C=O) groups excluding carboxylic acids is 1. The van der Waals surface area contributed by atoms with Gasteiger partial charge in [0.15, 0.2) is 10.9 Å². The van der Waals surface area contributed by atoms with E-state index in [0.29, 0.717) is 16.8 Å². The summed E-state index contributed by atoms with van der Waals surface area (Å²) in [7, 11) is 0. The molecule has 0 aliphatic rings. The van der Waals surface area contributed by atoms with E-state index in [-0.39, 0.29) is 18.3 Å². The molecule has 0 saturated carbocycles. The fraction of sp³-hybridized carbons (Fsp3) is 0.263. The first-order valence-electron chi connectivity index (χ1n) is 8.06. The summed E-state index contributed by atoms with van der Waals surface area (Å²) in [6, 6.07) is 11.4. The molecule has 0 fully saturated rings. The lowest BCUT2D eigenvalue weighted by molar-refractivity contribution is 0.0992. The second-order valence-electron chi connectivity index (χ2n) is 6.03. The molecule has 130 valence electrons. The molecule has 1 aromatic carbocycles. The van der Waals surface area contributed by atoms with Gasteiger partial charge >= 0.3 is 0 Å². The number of hydrogen-bond donors (Lipinski definition) is 1. The van der Waals surface area contributed by atoms with Crippen molar-refractivity contribution >= 4 is 22.4 Å².